The summed E-state index contributed by atoms with van der Waals surface area (Å²) in [6, 6.07) is 1.53. The minimum absolute atomic E-state index is 0.222. The maximum Gasteiger partial charge on any atom is 0.337 e. The quantitative estimate of drug-likeness (QED) is 0.644. The van der Waals surface area contributed by atoms with Crippen LogP contribution < -0.4 is 0 Å². The third-order valence-electron chi connectivity index (χ3n) is 2.20. The maximum absolute atomic E-state index is 10.6. The van der Waals surface area contributed by atoms with Crippen molar-refractivity contribution in [3.63, 3.8) is 0 Å². The van der Waals surface area contributed by atoms with E-state index in [-0.39, 0.29) is 5.56 Å². The van der Waals surface area contributed by atoms with Crippen LogP contribution in [-0.2, 0) is 6.54 Å². The van der Waals surface area contributed by atoms with E-state index in [4.69, 9.17) is 5.11 Å². The van der Waals surface area contributed by atoms with Gasteiger partial charge in [0, 0.05) is 12.7 Å². The SMILES string of the molecule is O=C(O)c1ccn2c1C(O)CC2. The van der Waals surface area contributed by atoms with Crippen LogP contribution in [-0.4, -0.2) is 20.7 Å². The van der Waals surface area contributed by atoms with E-state index >= 15 is 0 Å². The fourth-order valence-corrected chi connectivity index (χ4v) is 1.63. The fourth-order valence-electron chi connectivity index (χ4n) is 1.63. The van der Waals surface area contributed by atoms with E-state index in [0.717, 1.165) is 0 Å². The van der Waals surface area contributed by atoms with Gasteiger partial charge in [-0.1, -0.05) is 0 Å². The zero-order valence-electron chi connectivity index (χ0n) is 6.40. The lowest BCUT2D eigenvalue weighted by Crippen LogP contribution is -2.02. The Morgan fingerprint density at radius 2 is 2.42 bits per heavy atom. The summed E-state index contributed by atoms with van der Waals surface area (Å²) in [6.45, 7) is 0.712. The van der Waals surface area contributed by atoms with Crippen LogP contribution in [0.25, 0.3) is 0 Å². The Labute approximate surface area is 69.1 Å². The summed E-state index contributed by atoms with van der Waals surface area (Å²) in [5.41, 5.74) is 0.766. The van der Waals surface area contributed by atoms with Gasteiger partial charge in [0.05, 0.1) is 17.4 Å². The molecule has 1 aliphatic rings. The minimum Gasteiger partial charge on any atom is -0.478 e. The van der Waals surface area contributed by atoms with E-state index in [1.54, 1.807) is 10.8 Å². The number of hydrogen-bond acceptors (Lipinski definition) is 2. The zero-order chi connectivity index (χ0) is 8.72. The summed E-state index contributed by atoms with van der Waals surface area (Å²) in [5, 5.41) is 18.1. The molecule has 0 amide bonds. The number of aromatic carboxylic acids is 1. The predicted molar refractivity (Wildman–Crippen MR) is 41.0 cm³/mol. The monoisotopic (exact) mass is 167 g/mol. The van der Waals surface area contributed by atoms with Crippen molar-refractivity contribution in [2.24, 2.45) is 0 Å². The predicted octanol–water partition coefficient (Wildman–Crippen LogP) is 0.623. The van der Waals surface area contributed by atoms with E-state index in [1.165, 1.54) is 6.07 Å². The van der Waals surface area contributed by atoms with Crippen LogP contribution in [0.3, 0.4) is 0 Å². The molecule has 1 aromatic heterocycles. The Balaban J connectivity index is 2.53. The molecule has 2 N–H and O–H groups in total. The van der Waals surface area contributed by atoms with E-state index in [0.29, 0.717) is 18.7 Å². The summed E-state index contributed by atoms with van der Waals surface area (Å²) >= 11 is 0. The van der Waals surface area contributed by atoms with Crippen molar-refractivity contribution >= 4 is 5.97 Å². The van der Waals surface area contributed by atoms with Crippen LogP contribution in [0, 0.1) is 0 Å². The second-order valence-electron chi connectivity index (χ2n) is 2.92. The highest BCUT2D eigenvalue weighted by Crippen LogP contribution is 2.29. The summed E-state index contributed by atoms with van der Waals surface area (Å²) in [4.78, 5) is 10.6. The second kappa shape index (κ2) is 2.35. The van der Waals surface area contributed by atoms with E-state index in [9.17, 15) is 9.90 Å². The summed E-state index contributed by atoms with van der Waals surface area (Å²) in [6.07, 6.45) is 1.72. The molecule has 0 saturated carbocycles. The number of aryl methyl sites for hydroxylation is 1. The normalized spacial score (nSPS) is 20.9. The third-order valence-corrected chi connectivity index (χ3v) is 2.20. The highest BCUT2D eigenvalue weighted by Gasteiger charge is 2.26. The van der Waals surface area contributed by atoms with Gasteiger partial charge in [-0.25, -0.2) is 4.79 Å². The standard InChI is InChI=1S/C8H9NO3/c10-6-2-4-9-3-1-5(7(6)9)8(11)12/h1,3,6,10H,2,4H2,(H,11,12). The highest BCUT2D eigenvalue weighted by molar-refractivity contribution is 5.89. The lowest BCUT2D eigenvalue weighted by atomic mass is 10.1. The number of aliphatic hydroxyl groups excluding tert-OH is 1. The van der Waals surface area contributed by atoms with Gasteiger partial charge in [0.1, 0.15) is 0 Å². The van der Waals surface area contributed by atoms with Crippen molar-refractivity contribution in [2.45, 2.75) is 19.1 Å². The van der Waals surface area contributed by atoms with Gasteiger partial charge >= 0.3 is 5.97 Å². The smallest absolute Gasteiger partial charge is 0.337 e. The van der Waals surface area contributed by atoms with Crippen LogP contribution >= 0.6 is 0 Å². The molecule has 1 atom stereocenters. The molecule has 4 heteroatoms. The molecule has 0 radical (unpaired) electrons. The first-order valence-electron chi connectivity index (χ1n) is 3.80. The Hall–Kier alpha value is -1.29. The topological polar surface area (TPSA) is 62.5 Å². The molecule has 0 saturated heterocycles. The lowest BCUT2D eigenvalue weighted by Gasteiger charge is -2.01. The van der Waals surface area contributed by atoms with Crippen molar-refractivity contribution in [3.05, 3.63) is 23.5 Å². The molecule has 1 aliphatic heterocycles. The molecule has 0 aliphatic carbocycles. The number of fused-ring (bicyclic) bond motifs is 1. The average Bonchev–Trinajstić information content (AvgIpc) is 2.53. The molecule has 4 nitrogen and oxygen atoms in total. The van der Waals surface area contributed by atoms with Crippen LogP contribution in [0.2, 0.25) is 0 Å². The Bertz CT molecular complexity index is 329. The Morgan fingerprint density at radius 3 is 3.08 bits per heavy atom. The molecule has 0 aromatic carbocycles. The maximum atomic E-state index is 10.6. The van der Waals surface area contributed by atoms with E-state index in [1.807, 2.05) is 0 Å². The first kappa shape index (κ1) is 7.36. The van der Waals surface area contributed by atoms with Gasteiger partial charge in [0.15, 0.2) is 0 Å². The van der Waals surface area contributed by atoms with Crippen molar-refractivity contribution in [3.8, 4) is 0 Å². The fraction of sp³-hybridized carbons (Fsp3) is 0.375. The number of nitrogens with zero attached hydrogens (tertiary/aromatic N) is 1. The molecule has 0 spiro atoms. The first-order chi connectivity index (χ1) is 5.70. The number of carbonyl (C=O) groups is 1. The second-order valence-corrected chi connectivity index (χ2v) is 2.92. The van der Waals surface area contributed by atoms with Gasteiger partial charge in [-0.05, 0) is 12.5 Å². The van der Waals surface area contributed by atoms with Crippen molar-refractivity contribution < 1.29 is 15.0 Å². The number of carboxylic acid groups (broad SMARTS) is 1. The largest absolute Gasteiger partial charge is 0.478 e. The molecule has 0 fully saturated rings. The van der Waals surface area contributed by atoms with Crippen molar-refractivity contribution in [1.29, 1.82) is 0 Å². The van der Waals surface area contributed by atoms with Gasteiger partial charge in [-0.3, -0.25) is 0 Å². The molecule has 1 unspecified atom stereocenters. The van der Waals surface area contributed by atoms with Gasteiger partial charge in [0.25, 0.3) is 0 Å². The molecular weight excluding hydrogens is 158 g/mol. The summed E-state index contributed by atoms with van der Waals surface area (Å²) in [7, 11) is 0. The van der Waals surface area contributed by atoms with Gasteiger partial charge in [-0.15, -0.1) is 0 Å². The number of aromatic nitrogens is 1. The molecule has 0 bridgehead atoms. The summed E-state index contributed by atoms with van der Waals surface area (Å²) < 4.78 is 1.79. The van der Waals surface area contributed by atoms with Crippen molar-refractivity contribution in [2.75, 3.05) is 0 Å². The Kier molecular flexibility index (Phi) is 1.44. The van der Waals surface area contributed by atoms with Gasteiger partial charge in [-0.2, -0.15) is 0 Å². The van der Waals surface area contributed by atoms with Crippen LogP contribution in [0.5, 0.6) is 0 Å². The molecule has 2 heterocycles. The highest BCUT2D eigenvalue weighted by atomic mass is 16.4. The van der Waals surface area contributed by atoms with Gasteiger partial charge < -0.3 is 14.8 Å². The number of aliphatic hydroxyl groups is 1. The zero-order valence-corrected chi connectivity index (χ0v) is 6.40. The number of rotatable bonds is 1. The number of hydrogen-bond donors (Lipinski definition) is 2. The van der Waals surface area contributed by atoms with Crippen molar-refractivity contribution in [1.82, 2.24) is 4.57 Å². The molecule has 64 valence electrons. The Morgan fingerprint density at radius 1 is 1.67 bits per heavy atom. The lowest BCUT2D eigenvalue weighted by molar-refractivity contribution is 0.0690. The van der Waals surface area contributed by atoms with E-state index < -0.39 is 12.1 Å². The van der Waals surface area contributed by atoms with Gasteiger partial charge in [0.2, 0.25) is 0 Å². The van der Waals surface area contributed by atoms with Crippen LogP contribution in [0.1, 0.15) is 28.6 Å². The van der Waals surface area contributed by atoms with E-state index in [2.05, 4.69) is 0 Å². The first-order valence-corrected chi connectivity index (χ1v) is 3.80. The minimum atomic E-state index is -0.968. The molecule has 1 aromatic rings. The molecular formula is C8H9NO3. The summed E-state index contributed by atoms with van der Waals surface area (Å²) in [5.74, 6) is -0.968. The van der Waals surface area contributed by atoms with Crippen LogP contribution in [0.4, 0.5) is 0 Å². The number of carboxylic acids is 1. The van der Waals surface area contributed by atoms with Crippen LogP contribution in [0.15, 0.2) is 12.3 Å². The molecule has 12 heavy (non-hydrogen) atoms. The average molecular weight is 167 g/mol. The molecule has 2 rings (SSSR count). The third kappa shape index (κ3) is 0.848.